The Hall–Kier alpha value is -2.90. The third kappa shape index (κ3) is 6.69. The van der Waals surface area contributed by atoms with Gasteiger partial charge in [-0.25, -0.2) is 0 Å². The summed E-state index contributed by atoms with van der Waals surface area (Å²) < 4.78 is 73.1. The molecule has 1 aliphatic heterocycles. The standard InChI is InChI=1S/C28H32N2O7S3/c1-6-21(15-26-30(17-40(34,35)36)28-22(7-2)18(3)9-10-24(28)37-26)16-27-29(11-8-12-39(31,32)33)23-13-19(4)20(5)14-25(23)38-27/h7,9-10,13-16H,2,6,8,11-12,17H2,1,3-5H3,(H-,31,32,33,34,35,36)/p+1. The van der Waals surface area contributed by atoms with E-state index in [1.807, 2.05) is 44.7 Å². The maximum atomic E-state index is 12.0. The lowest BCUT2D eigenvalue weighted by atomic mass is 10.1. The van der Waals surface area contributed by atoms with E-state index in [9.17, 15) is 25.9 Å². The number of anilines is 1. The molecule has 12 heteroatoms. The Kier molecular flexibility index (Phi) is 8.67. The highest BCUT2D eigenvalue weighted by Gasteiger charge is 2.30. The van der Waals surface area contributed by atoms with Crippen LogP contribution in [0.3, 0.4) is 0 Å². The normalized spacial score (nSPS) is 15.3. The van der Waals surface area contributed by atoms with E-state index in [2.05, 4.69) is 18.7 Å². The Morgan fingerprint density at radius 1 is 1.07 bits per heavy atom. The number of aromatic nitrogens is 1. The van der Waals surface area contributed by atoms with Crippen LogP contribution in [0.2, 0.25) is 0 Å². The summed E-state index contributed by atoms with van der Waals surface area (Å²) in [5.41, 5.74) is 6.59. The maximum absolute atomic E-state index is 12.0. The fourth-order valence-corrected chi connectivity index (χ4v) is 6.97. The smallest absolute Gasteiger partial charge is 0.375 e. The lowest BCUT2D eigenvalue weighted by Gasteiger charge is -2.21. The van der Waals surface area contributed by atoms with Crippen molar-refractivity contribution in [1.82, 2.24) is 0 Å². The molecule has 0 saturated heterocycles. The molecule has 40 heavy (non-hydrogen) atoms. The van der Waals surface area contributed by atoms with Crippen molar-refractivity contribution in [3.8, 4) is 0 Å². The Morgan fingerprint density at radius 3 is 2.40 bits per heavy atom. The number of hydrogen-bond donors (Lipinski definition) is 2. The first-order chi connectivity index (χ1) is 18.7. The van der Waals surface area contributed by atoms with Crippen LogP contribution >= 0.6 is 11.8 Å². The van der Waals surface area contributed by atoms with Crippen LogP contribution in [0.25, 0.3) is 23.3 Å². The summed E-state index contributed by atoms with van der Waals surface area (Å²) in [4.78, 5) is 3.07. The van der Waals surface area contributed by atoms with Crippen LogP contribution < -0.4 is 9.47 Å². The fraction of sp³-hybridized carbons (Fsp3) is 0.321. The summed E-state index contributed by atoms with van der Waals surface area (Å²) in [7, 11) is -8.49. The molecule has 0 radical (unpaired) electrons. The van der Waals surface area contributed by atoms with Crippen molar-refractivity contribution < 1.29 is 34.9 Å². The summed E-state index contributed by atoms with van der Waals surface area (Å²) >= 11 is 1.55. The summed E-state index contributed by atoms with van der Waals surface area (Å²) in [5, 5.41) is 0.864. The first kappa shape index (κ1) is 30.1. The summed E-state index contributed by atoms with van der Waals surface area (Å²) in [5.74, 6) is -0.790. The van der Waals surface area contributed by atoms with Gasteiger partial charge >= 0.3 is 16.0 Å². The maximum Gasteiger partial charge on any atom is 0.375 e. The number of benzene rings is 2. The van der Waals surface area contributed by atoms with Gasteiger partial charge in [-0.1, -0.05) is 37.4 Å². The topological polar surface area (TPSA) is 129 Å². The molecule has 0 unspecified atom stereocenters. The Balaban J connectivity index is 1.83. The van der Waals surface area contributed by atoms with E-state index in [0.29, 0.717) is 29.6 Å². The molecule has 0 spiro atoms. The van der Waals surface area contributed by atoms with Crippen molar-refractivity contribution in [2.45, 2.75) is 51.3 Å². The number of oxazole rings is 1. The van der Waals surface area contributed by atoms with E-state index in [1.54, 1.807) is 30.0 Å². The molecule has 0 aliphatic carbocycles. The zero-order chi connectivity index (χ0) is 29.4. The first-order valence-electron chi connectivity index (χ1n) is 12.7. The second kappa shape index (κ2) is 11.5. The number of fused-ring (bicyclic) bond motifs is 2. The van der Waals surface area contributed by atoms with Gasteiger partial charge in [0.1, 0.15) is 0 Å². The van der Waals surface area contributed by atoms with Gasteiger partial charge in [-0.05, 0) is 80.2 Å². The predicted octanol–water partition coefficient (Wildman–Crippen LogP) is 5.66. The lowest BCUT2D eigenvalue weighted by molar-refractivity contribution is -0.658. The van der Waals surface area contributed by atoms with E-state index in [1.165, 1.54) is 4.57 Å². The molecule has 0 amide bonds. The van der Waals surface area contributed by atoms with Gasteiger partial charge in [0.25, 0.3) is 21.5 Å². The van der Waals surface area contributed by atoms with E-state index < -0.39 is 26.1 Å². The van der Waals surface area contributed by atoms with E-state index in [4.69, 9.17) is 4.42 Å². The van der Waals surface area contributed by atoms with Crippen LogP contribution in [-0.2, 0) is 26.1 Å². The average molecular weight is 606 g/mol. The summed E-state index contributed by atoms with van der Waals surface area (Å²) in [6, 6.07) is 7.78. The first-order valence-corrected chi connectivity index (χ1v) is 16.7. The molecular weight excluding hydrogens is 573 g/mol. The highest BCUT2D eigenvalue weighted by molar-refractivity contribution is 8.03. The number of rotatable bonds is 10. The van der Waals surface area contributed by atoms with Crippen LogP contribution in [0.1, 0.15) is 47.9 Å². The molecule has 2 heterocycles. The number of aryl methyl sites for hydroxylation is 3. The molecule has 0 atom stereocenters. The van der Waals surface area contributed by atoms with Gasteiger partial charge in [0.15, 0.2) is 0 Å². The minimum Gasteiger partial charge on any atom is -0.398 e. The molecule has 0 fully saturated rings. The highest BCUT2D eigenvalue weighted by atomic mass is 32.2. The van der Waals surface area contributed by atoms with Gasteiger partial charge in [0, 0.05) is 11.4 Å². The van der Waals surface area contributed by atoms with Crippen molar-refractivity contribution in [2.24, 2.45) is 0 Å². The molecule has 9 nitrogen and oxygen atoms in total. The van der Waals surface area contributed by atoms with Gasteiger partial charge in [-0.3, -0.25) is 9.11 Å². The second-order valence-electron chi connectivity index (χ2n) is 9.78. The van der Waals surface area contributed by atoms with Crippen LogP contribution in [0.5, 0.6) is 0 Å². The van der Waals surface area contributed by atoms with Gasteiger partial charge < -0.3 is 9.32 Å². The molecule has 1 aliphatic rings. The SMILES string of the molecule is C=Cc1c(C)ccc2oc(/C=C(\C=C3\Sc4cc(C)c(C)cc4N3CCCS(=O)(=O)O)CC)[n+](CS(=O)(=O)O)c12. The van der Waals surface area contributed by atoms with E-state index in [-0.39, 0.29) is 18.1 Å². The molecule has 3 aromatic rings. The lowest BCUT2D eigenvalue weighted by Crippen LogP contribution is -2.39. The molecular formula is C28H33N2O7S3+. The van der Waals surface area contributed by atoms with Crippen LogP contribution in [0.15, 0.2) is 56.8 Å². The van der Waals surface area contributed by atoms with E-state index >= 15 is 0 Å². The van der Waals surface area contributed by atoms with Gasteiger partial charge in [-0.15, -0.1) is 4.57 Å². The zero-order valence-corrected chi connectivity index (χ0v) is 25.3. The zero-order valence-electron chi connectivity index (χ0n) is 22.8. The number of thioether (sulfide) groups is 1. The van der Waals surface area contributed by atoms with Crippen molar-refractivity contribution in [2.75, 3.05) is 17.2 Å². The molecule has 214 valence electrons. The van der Waals surface area contributed by atoms with Crippen LogP contribution in [0.4, 0.5) is 5.69 Å². The minimum atomic E-state index is -4.40. The van der Waals surface area contributed by atoms with Crippen molar-refractivity contribution in [3.05, 3.63) is 75.7 Å². The van der Waals surface area contributed by atoms with Crippen LogP contribution in [-0.4, -0.2) is 38.2 Å². The van der Waals surface area contributed by atoms with Crippen LogP contribution in [0, 0.1) is 20.8 Å². The quantitative estimate of drug-likeness (QED) is 0.222. The molecule has 4 rings (SSSR count). The molecule has 1 aromatic heterocycles. The monoisotopic (exact) mass is 605 g/mol. The number of nitrogens with zero attached hydrogens (tertiary/aromatic N) is 2. The Bertz CT molecular complexity index is 1770. The summed E-state index contributed by atoms with van der Waals surface area (Å²) in [6.45, 7) is 12.1. The van der Waals surface area contributed by atoms with E-state index in [0.717, 1.165) is 37.9 Å². The van der Waals surface area contributed by atoms with Gasteiger partial charge in [0.05, 0.1) is 28.1 Å². The molecule has 0 saturated carbocycles. The number of hydrogen-bond acceptors (Lipinski definition) is 7. The van der Waals surface area contributed by atoms with Crippen molar-refractivity contribution in [3.63, 3.8) is 0 Å². The largest absolute Gasteiger partial charge is 0.398 e. The third-order valence-electron chi connectivity index (χ3n) is 6.80. The molecule has 2 N–H and O–H groups in total. The predicted molar refractivity (Wildman–Crippen MR) is 159 cm³/mol. The number of allylic oxidation sites excluding steroid dienone is 2. The molecule has 2 aromatic carbocycles. The fourth-order valence-electron chi connectivity index (χ4n) is 4.64. The summed E-state index contributed by atoms with van der Waals surface area (Å²) in [6.07, 6.45) is 6.15. The van der Waals surface area contributed by atoms with Gasteiger partial charge in [-0.2, -0.15) is 16.8 Å². The highest BCUT2D eigenvalue weighted by Crippen LogP contribution is 2.47. The van der Waals surface area contributed by atoms with Gasteiger partial charge in [0.2, 0.25) is 5.58 Å². The Labute approximate surface area is 239 Å². The average Bonchev–Trinajstić information content (AvgIpc) is 3.34. The minimum absolute atomic E-state index is 0.232. The Morgan fingerprint density at radius 2 is 1.77 bits per heavy atom. The molecule has 0 bridgehead atoms. The third-order valence-corrected chi connectivity index (χ3v) is 9.28. The second-order valence-corrected chi connectivity index (χ2v) is 13.8. The van der Waals surface area contributed by atoms with Crippen molar-refractivity contribution in [1.29, 1.82) is 0 Å². The van der Waals surface area contributed by atoms with Crippen molar-refractivity contribution >= 4 is 60.9 Å².